The molecule has 7 nitrogen and oxygen atoms in total. The highest BCUT2D eigenvalue weighted by Gasteiger charge is 2.32. The van der Waals surface area contributed by atoms with Crippen LogP contribution in [0.25, 0.3) is 0 Å². The minimum atomic E-state index is -2.95. The minimum absolute atomic E-state index is 0.0696. The fourth-order valence-corrected chi connectivity index (χ4v) is 5.20. The summed E-state index contributed by atoms with van der Waals surface area (Å²) in [5, 5.41) is 4.62. The predicted octanol–water partition coefficient (Wildman–Crippen LogP) is 1.95. The maximum absolute atomic E-state index is 11.8. The number of methoxy groups -OCH3 is 1. The predicted molar refractivity (Wildman–Crippen MR) is 103 cm³/mol. The lowest BCUT2D eigenvalue weighted by Crippen LogP contribution is -2.22. The van der Waals surface area contributed by atoms with Crippen LogP contribution < -0.4 is 4.74 Å². The second-order valence-electron chi connectivity index (χ2n) is 6.80. The molecular formula is C17H24N4O3S2. The van der Waals surface area contributed by atoms with E-state index in [0.717, 1.165) is 23.7 Å². The summed E-state index contributed by atoms with van der Waals surface area (Å²) in [6.07, 6.45) is 0.615. The van der Waals surface area contributed by atoms with Gasteiger partial charge in [-0.3, -0.25) is 4.90 Å². The van der Waals surface area contributed by atoms with Gasteiger partial charge in [0.2, 0.25) is 0 Å². The van der Waals surface area contributed by atoms with Crippen molar-refractivity contribution in [3.63, 3.8) is 0 Å². The van der Waals surface area contributed by atoms with E-state index in [1.165, 1.54) is 0 Å². The number of benzene rings is 1. The molecule has 1 atom stereocenters. The molecule has 0 N–H and O–H groups in total. The lowest BCUT2D eigenvalue weighted by atomic mass is 10.1. The van der Waals surface area contributed by atoms with Crippen LogP contribution in [0.4, 0.5) is 0 Å². The highest BCUT2D eigenvalue weighted by molar-refractivity contribution is 7.91. The molecule has 0 aliphatic carbocycles. The molecule has 0 bridgehead atoms. The smallest absolute Gasteiger partial charge is 0.198 e. The SMILES string of the molecule is COc1ccc(CN(C)Cn2nc([C@H]3CCS(=O)(=O)C3)n(C)c2=S)cc1. The van der Waals surface area contributed by atoms with Gasteiger partial charge in [0.25, 0.3) is 0 Å². The first-order valence-corrected chi connectivity index (χ1v) is 10.7. The van der Waals surface area contributed by atoms with E-state index >= 15 is 0 Å². The van der Waals surface area contributed by atoms with Crippen LogP contribution in [0.15, 0.2) is 24.3 Å². The van der Waals surface area contributed by atoms with Crippen molar-refractivity contribution in [2.24, 2.45) is 7.05 Å². The summed E-state index contributed by atoms with van der Waals surface area (Å²) in [6.45, 7) is 1.29. The molecule has 1 aromatic heterocycles. The van der Waals surface area contributed by atoms with Gasteiger partial charge in [0.15, 0.2) is 14.6 Å². The zero-order chi connectivity index (χ0) is 18.9. The first-order valence-electron chi connectivity index (χ1n) is 8.44. The fraction of sp³-hybridized carbons (Fsp3) is 0.529. The van der Waals surface area contributed by atoms with Crippen molar-refractivity contribution in [1.82, 2.24) is 19.2 Å². The van der Waals surface area contributed by atoms with Crippen molar-refractivity contribution in [3.05, 3.63) is 40.4 Å². The number of rotatable bonds is 6. The molecule has 26 heavy (non-hydrogen) atoms. The third kappa shape index (κ3) is 4.16. The second-order valence-corrected chi connectivity index (χ2v) is 9.40. The van der Waals surface area contributed by atoms with Gasteiger partial charge < -0.3 is 9.30 Å². The summed E-state index contributed by atoms with van der Waals surface area (Å²) in [4.78, 5) is 2.11. The third-order valence-corrected chi connectivity index (χ3v) is 6.91. The van der Waals surface area contributed by atoms with Crippen LogP contribution in [0.2, 0.25) is 0 Å². The molecule has 1 aliphatic heterocycles. The van der Waals surface area contributed by atoms with E-state index in [4.69, 9.17) is 17.0 Å². The van der Waals surface area contributed by atoms with Crippen LogP contribution in [-0.2, 0) is 30.1 Å². The van der Waals surface area contributed by atoms with Crippen molar-refractivity contribution in [1.29, 1.82) is 0 Å². The van der Waals surface area contributed by atoms with E-state index < -0.39 is 9.84 Å². The summed E-state index contributed by atoms with van der Waals surface area (Å²) in [6, 6.07) is 7.94. The first kappa shape index (κ1) is 19.1. The van der Waals surface area contributed by atoms with Gasteiger partial charge in [0.1, 0.15) is 11.6 Å². The molecule has 1 aromatic carbocycles. The van der Waals surface area contributed by atoms with Crippen molar-refractivity contribution in [2.75, 3.05) is 25.7 Å². The highest BCUT2D eigenvalue weighted by Crippen LogP contribution is 2.27. The zero-order valence-corrected chi connectivity index (χ0v) is 16.9. The van der Waals surface area contributed by atoms with Gasteiger partial charge in [-0.2, -0.15) is 5.10 Å². The fourth-order valence-electron chi connectivity index (χ4n) is 3.27. The quantitative estimate of drug-likeness (QED) is 0.695. The largest absolute Gasteiger partial charge is 0.497 e. The molecule has 0 spiro atoms. The molecular weight excluding hydrogens is 372 g/mol. The minimum Gasteiger partial charge on any atom is -0.497 e. The Morgan fingerprint density at radius 2 is 2.04 bits per heavy atom. The molecule has 1 saturated heterocycles. The summed E-state index contributed by atoms with van der Waals surface area (Å²) < 4.78 is 32.9. The van der Waals surface area contributed by atoms with E-state index in [0.29, 0.717) is 17.9 Å². The number of aromatic nitrogens is 3. The van der Waals surface area contributed by atoms with Crippen LogP contribution >= 0.6 is 12.2 Å². The summed E-state index contributed by atoms with van der Waals surface area (Å²) in [5.74, 6) is 1.91. The first-order chi connectivity index (χ1) is 12.3. The van der Waals surface area contributed by atoms with E-state index in [1.54, 1.807) is 11.8 Å². The van der Waals surface area contributed by atoms with Gasteiger partial charge in [-0.25, -0.2) is 13.1 Å². The molecule has 9 heteroatoms. The highest BCUT2D eigenvalue weighted by atomic mass is 32.2. The molecule has 2 heterocycles. The average molecular weight is 397 g/mol. The standard InChI is InChI=1S/C17H24N4O3S2/c1-19(10-13-4-6-15(24-3)7-5-13)12-21-17(25)20(2)16(18-21)14-8-9-26(22,23)11-14/h4-7,14H,8-12H2,1-3H3/t14-/m0/s1. The molecule has 0 radical (unpaired) electrons. The second kappa shape index (κ2) is 7.50. The zero-order valence-electron chi connectivity index (χ0n) is 15.3. The Morgan fingerprint density at radius 1 is 1.35 bits per heavy atom. The lowest BCUT2D eigenvalue weighted by molar-refractivity contribution is 0.243. The molecule has 0 saturated carbocycles. The van der Waals surface area contributed by atoms with E-state index in [2.05, 4.69) is 10.00 Å². The van der Waals surface area contributed by atoms with Crippen LogP contribution in [0.5, 0.6) is 5.75 Å². The van der Waals surface area contributed by atoms with Crippen molar-refractivity contribution in [2.45, 2.75) is 25.6 Å². The van der Waals surface area contributed by atoms with Gasteiger partial charge in [-0.05, 0) is 43.4 Å². The Balaban J connectivity index is 1.71. The van der Waals surface area contributed by atoms with Crippen LogP contribution in [0, 0.1) is 4.77 Å². The summed E-state index contributed by atoms with van der Waals surface area (Å²) in [5.41, 5.74) is 1.16. The van der Waals surface area contributed by atoms with Crippen molar-refractivity contribution in [3.8, 4) is 5.75 Å². The number of hydrogen-bond donors (Lipinski definition) is 0. The molecule has 1 aliphatic rings. The van der Waals surface area contributed by atoms with Gasteiger partial charge in [-0.15, -0.1) is 0 Å². The average Bonchev–Trinajstić information content (AvgIpc) is 3.09. The summed E-state index contributed by atoms with van der Waals surface area (Å²) in [7, 11) is 2.56. The number of sulfone groups is 1. The number of nitrogens with zero attached hydrogens (tertiary/aromatic N) is 4. The van der Waals surface area contributed by atoms with Gasteiger partial charge in [-0.1, -0.05) is 12.1 Å². The number of ether oxygens (including phenoxy) is 1. The van der Waals surface area contributed by atoms with Crippen LogP contribution in [0.3, 0.4) is 0 Å². The van der Waals surface area contributed by atoms with Gasteiger partial charge >= 0.3 is 0 Å². The molecule has 0 amide bonds. The lowest BCUT2D eigenvalue weighted by Gasteiger charge is -2.16. The Morgan fingerprint density at radius 3 is 2.62 bits per heavy atom. The maximum Gasteiger partial charge on any atom is 0.198 e. The Kier molecular flexibility index (Phi) is 5.50. The molecule has 2 aromatic rings. The molecule has 142 valence electrons. The van der Waals surface area contributed by atoms with Crippen LogP contribution in [0.1, 0.15) is 23.7 Å². The van der Waals surface area contributed by atoms with Crippen molar-refractivity contribution >= 4 is 22.1 Å². The van der Waals surface area contributed by atoms with Crippen molar-refractivity contribution < 1.29 is 13.2 Å². The van der Waals surface area contributed by atoms with Crippen LogP contribution in [-0.4, -0.2) is 53.3 Å². The Labute approximate surface area is 159 Å². The summed E-state index contributed by atoms with van der Waals surface area (Å²) >= 11 is 5.49. The monoisotopic (exact) mass is 396 g/mol. The topological polar surface area (TPSA) is 69.4 Å². The van der Waals surface area contributed by atoms with E-state index in [-0.39, 0.29) is 17.4 Å². The Bertz CT molecular complexity index is 932. The van der Waals surface area contributed by atoms with E-state index in [1.807, 2.05) is 42.9 Å². The Hall–Kier alpha value is -1.71. The number of hydrogen-bond acceptors (Lipinski definition) is 6. The molecule has 1 fully saturated rings. The van der Waals surface area contributed by atoms with E-state index in [9.17, 15) is 8.42 Å². The maximum atomic E-state index is 11.8. The normalized spacial score (nSPS) is 19.2. The molecule has 0 unspecified atom stereocenters. The molecule has 3 rings (SSSR count). The van der Waals surface area contributed by atoms with Gasteiger partial charge in [0, 0.05) is 19.5 Å². The third-order valence-electron chi connectivity index (χ3n) is 4.66. The van der Waals surface area contributed by atoms with Gasteiger partial charge in [0.05, 0.1) is 25.3 Å².